The molecule has 0 saturated heterocycles. The van der Waals surface area contributed by atoms with Gasteiger partial charge in [0.05, 0.1) is 34.4 Å². The van der Waals surface area contributed by atoms with Gasteiger partial charge in [0.2, 0.25) is 5.28 Å². The Morgan fingerprint density at radius 2 is 1.72 bits per heavy atom. The molecule has 250 valence electrons. The molecule has 1 N–H and O–H groups in total. The van der Waals surface area contributed by atoms with Crippen molar-refractivity contribution in [1.82, 2.24) is 19.5 Å². The fourth-order valence-electron chi connectivity index (χ4n) is 3.51. The maximum Gasteiger partial charge on any atom is 0.511 e. The van der Waals surface area contributed by atoms with Crippen molar-refractivity contribution in [3.8, 4) is 16.9 Å². The first kappa shape index (κ1) is 35.4. The molecule has 46 heavy (non-hydrogen) atoms. The van der Waals surface area contributed by atoms with Crippen LogP contribution in [0.1, 0.15) is 32.0 Å². The summed E-state index contributed by atoms with van der Waals surface area (Å²) in [6, 6.07) is 12.2. The zero-order valence-corrected chi connectivity index (χ0v) is 26.0. The third kappa shape index (κ3) is 9.98. The molecule has 0 radical (unpaired) electrons. The highest BCUT2D eigenvalue weighted by Crippen LogP contribution is 2.33. The van der Waals surface area contributed by atoms with Gasteiger partial charge in [-0.25, -0.2) is 27.4 Å². The van der Waals surface area contributed by atoms with Crippen LogP contribution in [0.4, 0.5) is 22.8 Å². The van der Waals surface area contributed by atoms with Gasteiger partial charge >= 0.3 is 18.4 Å². The Bertz CT molecular complexity index is 1640. The number of carbonyl (C=O) groups is 2. The summed E-state index contributed by atoms with van der Waals surface area (Å²) in [6.45, 7) is 5.60. The van der Waals surface area contributed by atoms with Crippen LogP contribution in [-0.4, -0.2) is 73.0 Å². The van der Waals surface area contributed by atoms with Gasteiger partial charge in [-0.3, -0.25) is 4.84 Å². The van der Waals surface area contributed by atoms with Crippen LogP contribution in [-0.2, 0) is 35.2 Å². The van der Waals surface area contributed by atoms with Crippen LogP contribution < -0.4 is 4.72 Å². The molecular formula is C27H31F3N6O9S. The van der Waals surface area contributed by atoms with Gasteiger partial charge in [-0.15, -0.1) is 5.01 Å². The molecule has 0 spiro atoms. The SMILES string of the molecule is Cc1ccc(-c2cc(C(F)(F)F)nn2-c2ccc(S(=O)(=O)NC(=O)OCCN(C)[N+]([O-])=NOC(C)OC(=O)OC(C)C)cc2)cc1. The van der Waals surface area contributed by atoms with Crippen LogP contribution in [0.25, 0.3) is 16.9 Å². The minimum atomic E-state index is -4.72. The van der Waals surface area contributed by atoms with Gasteiger partial charge < -0.3 is 19.4 Å². The van der Waals surface area contributed by atoms with Gasteiger partial charge in [0, 0.05) is 12.5 Å². The van der Waals surface area contributed by atoms with E-state index < -0.39 is 53.1 Å². The number of rotatable bonds is 12. The smallest absolute Gasteiger partial charge is 0.511 e. The molecule has 19 heteroatoms. The molecule has 1 unspecified atom stereocenters. The predicted octanol–water partition coefficient (Wildman–Crippen LogP) is 4.93. The molecule has 0 aliphatic heterocycles. The summed E-state index contributed by atoms with van der Waals surface area (Å²) < 4.78 is 82.8. The first-order valence-corrected chi connectivity index (χ1v) is 14.9. The van der Waals surface area contributed by atoms with Gasteiger partial charge in [0.15, 0.2) is 5.69 Å². The number of nitrogens with zero attached hydrogens (tertiary/aromatic N) is 5. The topological polar surface area (TPSA) is 177 Å². The summed E-state index contributed by atoms with van der Waals surface area (Å²) in [5.74, 6) is 0. The van der Waals surface area contributed by atoms with E-state index >= 15 is 0 Å². The average Bonchev–Trinajstić information content (AvgIpc) is 3.42. The van der Waals surface area contributed by atoms with E-state index in [1.807, 2.05) is 6.92 Å². The van der Waals surface area contributed by atoms with E-state index in [9.17, 15) is 36.4 Å². The Morgan fingerprint density at radius 3 is 2.30 bits per heavy atom. The second kappa shape index (κ2) is 14.8. The molecule has 0 aliphatic rings. The number of ether oxygens (including phenoxy) is 3. The third-order valence-corrected chi connectivity index (χ3v) is 7.08. The van der Waals surface area contributed by atoms with Gasteiger partial charge in [-0.2, -0.15) is 18.3 Å². The Hall–Kier alpha value is -5.07. The van der Waals surface area contributed by atoms with Crippen molar-refractivity contribution in [1.29, 1.82) is 0 Å². The number of hydrazine groups is 1. The highest BCUT2D eigenvalue weighted by molar-refractivity contribution is 7.90. The predicted molar refractivity (Wildman–Crippen MR) is 152 cm³/mol. The first-order valence-electron chi connectivity index (χ1n) is 13.4. The highest BCUT2D eigenvalue weighted by Gasteiger charge is 2.35. The number of alkyl halides is 3. The maximum absolute atomic E-state index is 13.5. The number of hydrogen-bond acceptors (Lipinski definition) is 11. The van der Waals surface area contributed by atoms with Crippen molar-refractivity contribution in [2.75, 3.05) is 20.2 Å². The molecular weight excluding hydrogens is 641 g/mol. The summed E-state index contributed by atoms with van der Waals surface area (Å²) in [5, 5.41) is 19.7. The average molecular weight is 673 g/mol. The Labute approximate surface area is 261 Å². The summed E-state index contributed by atoms with van der Waals surface area (Å²) in [7, 11) is -3.21. The van der Waals surface area contributed by atoms with Crippen LogP contribution in [0.2, 0.25) is 0 Å². The van der Waals surface area contributed by atoms with Crippen LogP contribution in [0.3, 0.4) is 0 Å². The largest absolute Gasteiger partial charge is 0.569 e. The number of likely N-dealkylation sites (N-methyl/N-ethyl adjacent to an activating group) is 1. The summed E-state index contributed by atoms with van der Waals surface area (Å²) in [6.07, 6.45) is -8.81. The second-order valence-electron chi connectivity index (χ2n) is 9.85. The van der Waals surface area contributed by atoms with Crippen molar-refractivity contribution in [2.24, 2.45) is 5.28 Å². The number of aryl methyl sites for hydroxylation is 1. The fourth-order valence-corrected chi connectivity index (χ4v) is 4.40. The third-order valence-electron chi connectivity index (χ3n) is 5.76. The lowest BCUT2D eigenvalue weighted by atomic mass is 10.1. The molecule has 15 nitrogen and oxygen atoms in total. The van der Waals surface area contributed by atoms with Gasteiger partial charge in [-0.05, 0) is 51.1 Å². The monoisotopic (exact) mass is 672 g/mol. The molecule has 0 saturated carbocycles. The Kier molecular flexibility index (Phi) is 11.4. The quantitative estimate of drug-likeness (QED) is 0.0907. The number of hydrogen-bond donors (Lipinski definition) is 1. The van der Waals surface area contributed by atoms with E-state index in [0.717, 1.165) is 33.5 Å². The van der Waals surface area contributed by atoms with E-state index in [4.69, 9.17) is 19.0 Å². The van der Waals surface area contributed by atoms with Crippen LogP contribution in [0, 0.1) is 12.1 Å². The van der Waals surface area contributed by atoms with E-state index in [1.54, 1.807) is 42.8 Å². The fraction of sp³-hybridized carbons (Fsp3) is 0.370. The van der Waals surface area contributed by atoms with Gasteiger partial charge in [-0.1, -0.05) is 29.8 Å². The first-order chi connectivity index (χ1) is 21.5. The number of amides is 1. The van der Waals surface area contributed by atoms with Crippen molar-refractivity contribution in [3.63, 3.8) is 0 Å². The number of sulfonamides is 1. The minimum Gasteiger partial charge on any atom is -0.569 e. The van der Waals surface area contributed by atoms with Gasteiger partial charge in [0.25, 0.3) is 16.3 Å². The zero-order chi connectivity index (χ0) is 34.2. The number of carbonyl (C=O) groups excluding carboxylic acids is 2. The summed E-state index contributed by atoms with van der Waals surface area (Å²) in [4.78, 5) is 27.8. The van der Waals surface area contributed by atoms with Crippen LogP contribution in [0.5, 0.6) is 0 Å². The van der Waals surface area contributed by atoms with E-state index in [1.165, 1.54) is 26.1 Å². The standard InChI is InChI=1S/C27H31F3N6O9S/c1-17(2)43-26(38)44-19(4)45-33-36(39)34(5)14-15-42-25(37)32-46(40,41)22-12-10-21(11-13-22)35-23(16-24(31-35)27(28,29)30)20-8-6-18(3)7-9-20/h6-13,16-17,19H,14-15H2,1-5H3,(H,32,37). The molecule has 3 aromatic rings. The lowest BCUT2D eigenvalue weighted by Gasteiger charge is -2.15. The molecule has 2 aromatic carbocycles. The van der Waals surface area contributed by atoms with Gasteiger partial charge in [0.1, 0.15) is 13.2 Å². The highest BCUT2D eigenvalue weighted by atomic mass is 32.2. The second-order valence-corrected chi connectivity index (χ2v) is 11.5. The Morgan fingerprint density at radius 1 is 1.09 bits per heavy atom. The molecule has 0 bridgehead atoms. The number of aromatic nitrogens is 2. The van der Waals surface area contributed by atoms with Crippen molar-refractivity contribution in [3.05, 3.63) is 71.1 Å². The molecule has 3 rings (SSSR count). The molecule has 0 aliphatic carbocycles. The molecule has 1 heterocycles. The van der Waals surface area contributed by atoms with Crippen molar-refractivity contribution >= 4 is 22.3 Å². The summed E-state index contributed by atoms with van der Waals surface area (Å²) >= 11 is 0. The van der Waals surface area contributed by atoms with E-state index in [-0.39, 0.29) is 27.8 Å². The number of benzene rings is 2. The molecule has 1 amide bonds. The Balaban J connectivity index is 1.59. The van der Waals surface area contributed by atoms with E-state index in [2.05, 4.69) is 10.4 Å². The number of halogens is 3. The zero-order valence-electron chi connectivity index (χ0n) is 25.2. The lowest BCUT2D eigenvalue weighted by Crippen LogP contribution is -2.35. The molecule has 1 atom stereocenters. The van der Waals surface area contributed by atoms with Crippen molar-refractivity contribution < 1.29 is 55.2 Å². The van der Waals surface area contributed by atoms with Crippen LogP contribution in [0.15, 0.2) is 64.8 Å². The normalized spacial score (nSPS) is 12.8. The van der Waals surface area contributed by atoms with Crippen LogP contribution >= 0.6 is 0 Å². The lowest BCUT2D eigenvalue weighted by molar-refractivity contribution is -0.707. The molecule has 0 fully saturated rings. The maximum atomic E-state index is 13.5. The molecule has 1 aromatic heterocycles. The minimum absolute atomic E-state index is 0.0330. The number of nitrogens with one attached hydrogen (secondary N) is 1. The van der Waals surface area contributed by atoms with E-state index in [0.29, 0.717) is 5.56 Å². The summed E-state index contributed by atoms with van der Waals surface area (Å²) in [5.41, 5.74) is 0.469. The van der Waals surface area contributed by atoms with Crippen molar-refractivity contribution in [2.45, 2.75) is 51.2 Å².